The highest BCUT2D eigenvalue weighted by molar-refractivity contribution is 6.05. The molecule has 160 valence electrons. The van der Waals surface area contributed by atoms with E-state index in [4.69, 9.17) is 9.15 Å². The number of carbonyl (C=O) groups excluding carboxylic acids is 2. The van der Waals surface area contributed by atoms with Crippen molar-refractivity contribution in [3.63, 3.8) is 0 Å². The number of anilines is 2. The Labute approximate surface area is 185 Å². The largest absolute Gasteiger partial charge is 0.484 e. The second-order valence-electron chi connectivity index (χ2n) is 7.73. The van der Waals surface area contributed by atoms with Crippen LogP contribution in [0.4, 0.5) is 11.4 Å². The van der Waals surface area contributed by atoms with Crippen LogP contribution in [0.25, 0.3) is 10.8 Å². The lowest BCUT2D eigenvalue weighted by Crippen LogP contribution is -2.35. The molecule has 1 N–H and O–H groups in total. The highest BCUT2D eigenvalue weighted by atomic mass is 16.5. The predicted molar refractivity (Wildman–Crippen MR) is 123 cm³/mol. The number of nitrogens with one attached hydrogen (secondary N) is 1. The molecule has 0 unspecified atom stereocenters. The Morgan fingerprint density at radius 3 is 2.69 bits per heavy atom. The number of furan rings is 1. The van der Waals surface area contributed by atoms with E-state index in [2.05, 4.69) is 5.32 Å². The maximum absolute atomic E-state index is 12.8. The fourth-order valence-electron chi connectivity index (χ4n) is 4.00. The molecule has 0 spiro atoms. The summed E-state index contributed by atoms with van der Waals surface area (Å²) in [4.78, 5) is 27.0. The van der Waals surface area contributed by atoms with Crippen molar-refractivity contribution in [3.8, 4) is 5.75 Å². The Morgan fingerprint density at radius 2 is 1.84 bits per heavy atom. The Bertz CT molecular complexity index is 1280. The number of carbonyl (C=O) groups is 2. The first-order valence-electron chi connectivity index (χ1n) is 10.6. The molecular weight excluding hydrogens is 404 g/mol. The molecule has 6 heteroatoms. The van der Waals surface area contributed by atoms with E-state index in [1.807, 2.05) is 60.7 Å². The van der Waals surface area contributed by atoms with Gasteiger partial charge in [-0.3, -0.25) is 9.59 Å². The molecule has 0 atom stereocenters. The van der Waals surface area contributed by atoms with Gasteiger partial charge in [-0.15, -0.1) is 0 Å². The van der Waals surface area contributed by atoms with Crippen LogP contribution in [-0.4, -0.2) is 25.0 Å². The average molecular weight is 426 g/mol. The zero-order valence-corrected chi connectivity index (χ0v) is 17.4. The van der Waals surface area contributed by atoms with Crippen LogP contribution in [-0.2, 0) is 11.2 Å². The first-order valence-corrected chi connectivity index (χ1v) is 10.6. The van der Waals surface area contributed by atoms with Crippen LogP contribution in [0.15, 0.2) is 83.5 Å². The maximum Gasteiger partial charge on any atom is 0.293 e. The average Bonchev–Trinajstić information content (AvgIpc) is 3.37. The molecule has 1 aromatic heterocycles. The highest BCUT2D eigenvalue weighted by Gasteiger charge is 2.25. The van der Waals surface area contributed by atoms with Crippen LogP contribution in [0, 0.1) is 0 Å². The molecule has 1 aliphatic heterocycles. The summed E-state index contributed by atoms with van der Waals surface area (Å²) in [5.41, 5.74) is 2.49. The van der Waals surface area contributed by atoms with Crippen molar-refractivity contribution in [2.24, 2.45) is 0 Å². The van der Waals surface area contributed by atoms with Crippen molar-refractivity contribution in [3.05, 3.63) is 90.4 Å². The van der Waals surface area contributed by atoms with Gasteiger partial charge in [0.2, 0.25) is 0 Å². The first-order chi connectivity index (χ1) is 15.7. The zero-order valence-electron chi connectivity index (χ0n) is 17.4. The number of nitrogens with zero attached hydrogens (tertiary/aromatic N) is 1. The lowest BCUT2D eigenvalue weighted by Gasteiger charge is -2.29. The lowest BCUT2D eigenvalue weighted by atomic mass is 10.0. The second-order valence-corrected chi connectivity index (χ2v) is 7.73. The van der Waals surface area contributed by atoms with Gasteiger partial charge in [0.15, 0.2) is 12.4 Å². The third kappa shape index (κ3) is 4.07. The van der Waals surface area contributed by atoms with Gasteiger partial charge in [0, 0.05) is 17.9 Å². The van der Waals surface area contributed by atoms with Gasteiger partial charge in [0.05, 0.1) is 6.26 Å². The molecular formula is C26H22N2O4. The smallest absolute Gasteiger partial charge is 0.293 e. The van der Waals surface area contributed by atoms with Crippen molar-refractivity contribution in [2.45, 2.75) is 12.8 Å². The SMILES string of the molecule is O=C(COc1ccc2ccccc2c1)Nc1ccc2c(c1)N(C(=O)c1ccco1)CCC2. The van der Waals surface area contributed by atoms with Gasteiger partial charge in [-0.25, -0.2) is 0 Å². The molecule has 0 radical (unpaired) electrons. The molecule has 0 saturated carbocycles. The van der Waals surface area contributed by atoms with Gasteiger partial charge in [0.1, 0.15) is 5.75 Å². The van der Waals surface area contributed by atoms with Gasteiger partial charge in [-0.1, -0.05) is 36.4 Å². The van der Waals surface area contributed by atoms with E-state index in [0.29, 0.717) is 23.7 Å². The summed E-state index contributed by atoms with van der Waals surface area (Å²) in [6.07, 6.45) is 3.26. The van der Waals surface area contributed by atoms with Crippen molar-refractivity contribution in [1.29, 1.82) is 0 Å². The predicted octanol–water partition coefficient (Wildman–Crippen LogP) is 5.04. The normalized spacial score (nSPS) is 12.9. The summed E-state index contributed by atoms with van der Waals surface area (Å²) in [6.45, 7) is 0.499. The molecule has 6 nitrogen and oxygen atoms in total. The zero-order chi connectivity index (χ0) is 21.9. The number of fused-ring (bicyclic) bond motifs is 2. The molecule has 0 fully saturated rings. The highest BCUT2D eigenvalue weighted by Crippen LogP contribution is 2.31. The Balaban J connectivity index is 1.27. The summed E-state index contributed by atoms with van der Waals surface area (Å²) in [5.74, 6) is 0.493. The summed E-state index contributed by atoms with van der Waals surface area (Å²) in [5, 5.41) is 5.04. The number of benzene rings is 3. The first kappa shape index (κ1) is 19.9. The second kappa shape index (κ2) is 8.59. The van der Waals surface area contributed by atoms with E-state index in [0.717, 1.165) is 34.9 Å². The number of hydrogen-bond donors (Lipinski definition) is 1. The van der Waals surface area contributed by atoms with Crippen molar-refractivity contribution >= 4 is 34.0 Å². The molecule has 0 aliphatic carbocycles. The third-order valence-electron chi connectivity index (χ3n) is 5.56. The van der Waals surface area contributed by atoms with Crippen LogP contribution in [0.5, 0.6) is 5.75 Å². The van der Waals surface area contributed by atoms with E-state index in [1.54, 1.807) is 17.0 Å². The molecule has 2 heterocycles. The van der Waals surface area contributed by atoms with E-state index in [-0.39, 0.29) is 18.4 Å². The quantitative estimate of drug-likeness (QED) is 0.485. The number of hydrogen-bond acceptors (Lipinski definition) is 4. The number of rotatable bonds is 5. The fraction of sp³-hybridized carbons (Fsp3) is 0.154. The minimum absolute atomic E-state index is 0.107. The van der Waals surface area contributed by atoms with E-state index in [9.17, 15) is 9.59 Å². The van der Waals surface area contributed by atoms with Gasteiger partial charge in [-0.2, -0.15) is 0 Å². The number of aryl methyl sites for hydroxylation is 1. The van der Waals surface area contributed by atoms with E-state index < -0.39 is 0 Å². The summed E-state index contributed by atoms with van der Waals surface area (Å²) in [7, 11) is 0. The fourth-order valence-corrected chi connectivity index (χ4v) is 4.00. The molecule has 0 saturated heterocycles. The van der Waals surface area contributed by atoms with Crippen LogP contribution in [0.1, 0.15) is 22.5 Å². The Morgan fingerprint density at radius 1 is 0.969 bits per heavy atom. The van der Waals surface area contributed by atoms with Crippen molar-refractivity contribution in [2.75, 3.05) is 23.4 Å². The van der Waals surface area contributed by atoms with Gasteiger partial charge < -0.3 is 19.4 Å². The van der Waals surface area contributed by atoms with Crippen LogP contribution < -0.4 is 15.0 Å². The van der Waals surface area contributed by atoms with Crippen LogP contribution in [0.2, 0.25) is 0 Å². The molecule has 4 aromatic rings. The van der Waals surface area contributed by atoms with Gasteiger partial charge in [-0.05, 0) is 65.6 Å². The lowest BCUT2D eigenvalue weighted by molar-refractivity contribution is -0.118. The monoisotopic (exact) mass is 426 g/mol. The minimum Gasteiger partial charge on any atom is -0.484 e. The molecule has 5 rings (SSSR count). The topological polar surface area (TPSA) is 71.8 Å². The van der Waals surface area contributed by atoms with E-state index in [1.165, 1.54) is 6.26 Å². The van der Waals surface area contributed by atoms with Crippen molar-refractivity contribution < 1.29 is 18.7 Å². The van der Waals surface area contributed by atoms with Crippen molar-refractivity contribution in [1.82, 2.24) is 0 Å². The third-order valence-corrected chi connectivity index (χ3v) is 5.56. The van der Waals surface area contributed by atoms with Crippen LogP contribution >= 0.6 is 0 Å². The standard InChI is InChI=1S/C26H22N2O4/c29-25(17-32-22-12-10-18-5-1-2-6-20(18)15-22)27-21-11-9-19-7-3-13-28(23(19)16-21)26(30)24-8-4-14-31-24/h1-2,4-6,8-12,14-16H,3,7,13,17H2,(H,27,29). The molecule has 2 amide bonds. The molecule has 1 aliphatic rings. The summed E-state index contributed by atoms with van der Waals surface area (Å²) >= 11 is 0. The Kier molecular flexibility index (Phi) is 5.34. The van der Waals surface area contributed by atoms with E-state index >= 15 is 0 Å². The van der Waals surface area contributed by atoms with Gasteiger partial charge in [0.25, 0.3) is 11.8 Å². The van der Waals surface area contributed by atoms with Gasteiger partial charge >= 0.3 is 0 Å². The number of amides is 2. The molecule has 0 bridgehead atoms. The summed E-state index contributed by atoms with van der Waals surface area (Å²) in [6, 6.07) is 22.7. The minimum atomic E-state index is -0.266. The maximum atomic E-state index is 12.8. The molecule has 3 aromatic carbocycles. The Hall–Kier alpha value is -4.06. The molecule has 32 heavy (non-hydrogen) atoms. The number of ether oxygens (including phenoxy) is 1. The van der Waals surface area contributed by atoms with Crippen LogP contribution in [0.3, 0.4) is 0 Å². The summed E-state index contributed by atoms with van der Waals surface area (Å²) < 4.78 is 11.0.